The fraction of sp³-hybridized carbons (Fsp3) is 0.214. The summed E-state index contributed by atoms with van der Waals surface area (Å²) in [4.78, 5) is 45.1. The largest absolute Gasteiger partial charge is 0.507 e. The third kappa shape index (κ3) is 5.03. The van der Waals surface area contributed by atoms with E-state index < -0.39 is 23.7 Å². The van der Waals surface area contributed by atoms with Gasteiger partial charge in [0.15, 0.2) is 5.13 Å². The number of anilines is 1. The number of benzene rings is 2. The molecular weight excluding hydrogens is 508 g/mol. The molecule has 3 aromatic rings. The molecule has 9 nitrogen and oxygen atoms in total. The number of thiazole rings is 1. The van der Waals surface area contributed by atoms with E-state index >= 15 is 0 Å². The average molecular weight is 535 g/mol. The first-order chi connectivity index (χ1) is 18.3. The minimum atomic E-state index is -1.01. The Balaban J connectivity index is 1.87. The molecule has 1 saturated heterocycles. The van der Waals surface area contributed by atoms with Gasteiger partial charge in [0.05, 0.1) is 31.0 Å². The quantitative estimate of drug-likeness (QED) is 0.137. The molecule has 2 heterocycles. The molecule has 10 heteroatoms. The van der Waals surface area contributed by atoms with E-state index in [0.717, 1.165) is 11.3 Å². The van der Waals surface area contributed by atoms with Crippen LogP contribution in [0, 0.1) is 6.92 Å². The molecular formula is C28H26N2O7S. The van der Waals surface area contributed by atoms with Crippen LogP contribution in [0.15, 0.2) is 66.8 Å². The summed E-state index contributed by atoms with van der Waals surface area (Å²) >= 11 is 0.930. The van der Waals surface area contributed by atoms with Gasteiger partial charge >= 0.3 is 11.9 Å². The van der Waals surface area contributed by atoms with Crippen LogP contribution < -0.4 is 14.4 Å². The average Bonchev–Trinajstić information content (AvgIpc) is 3.43. The molecule has 0 radical (unpaired) electrons. The van der Waals surface area contributed by atoms with Crippen molar-refractivity contribution in [2.45, 2.75) is 19.9 Å². The van der Waals surface area contributed by atoms with Crippen LogP contribution in [0.3, 0.4) is 0 Å². The number of aliphatic hydroxyl groups is 1. The number of ketones is 1. The minimum absolute atomic E-state index is 0.0165. The highest BCUT2D eigenvalue weighted by molar-refractivity contribution is 7.17. The summed E-state index contributed by atoms with van der Waals surface area (Å²) in [5.74, 6) is -1.65. The van der Waals surface area contributed by atoms with Crippen molar-refractivity contribution in [3.8, 4) is 11.5 Å². The number of esters is 1. The van der Waals surface area contributed by atoms with Gasteiger partial charge < -0.3 is 19.3 Å². The van der Waals surface area contributed by atoms with E-state index in [4.69, 9.17) is 14.2 Å². The van der Waals surface area contributed by atoms with Crippen LogP contribution in [-0.2, 0) is 14.3 Å². The number of ether oxygens (including phenoxy) is 3. The topological polar surface area (TPSA) is 115 Å². The maximum Gasteiger partial charge on any atom is 0.350 e. The van der Waals surface area contributed by atoms with E-state index in [2.05, 4.69) is 11.6 Å². The van der Waals surface area contributed by atoms with E-state index in [-0.39, 0.29) is 27.9 Å². The highest BCUT2D eigenvalue weighted by atomic mass is 32.1. The molecule has 1 aromatic heterocycles. The van der Waals surface area contributed by atoms with Gasteiger partial charge in [0.1, 0.15) is 28.7 Å². The van der Waals surface area contributed by atoms with Gasteiger partial charge in [-0.1, -0.05) is 48.3 Å². The molecule has 38 heavy (non-hydrogen) atoms. The molecule has 4 rings (SSSR count). The van der Waals surface area contributed by atoms with Crippen molar-refractivity contribution in [1.29, 1.82) is 0 Å². The molecule has 1 N–H and O–H groups in total. The number of carbonyl (C=O) groups excluding carboxylic acids is 3. The molecule has 1 aliphatic rings. The number of aryl methyl sites for hydroxylation is 1. The molecule has 0 saturated carbocycles. The predicted molar refractivity (Wildman–Crippen MR) is 143 cm³/mol. The van der Waals surface area contributed by atoms with Crippen molar-refractivity contribution in [2.75, 3.05) is 25.2 Å². The Morgan fingerprint density at radius 1 is 1.18 bits per heavy atom. The third-order valence-corrected chi connectivity index (χ3v) is 6.94. The molecule has 1 amide bonds. The number of methoxy groups -OCH3 is 1. The van der Waals surface area contributed by atoms with Gasteiger partial charge in [-0.05, 0) is 43.7 Å². The van der Waals surface area contributed by atoms with E-state index in [1.54, 1.807) is 55.5 Å². The zero-order valence-corrected chi connectivity index (χ0v) is 21.9. The van der Waals surface area contributed by atoms with Crippen LogP contribution in [0.4, 0.5) is 5.13 Å². The lowest BCUT2D eigenvalue weighted by Gasteiger charge is -2.23. The fourth-order valence-corrected chi connectivity index (χ4v) is 5.05. The smallest absolute Gasteiger partial charge is 0.350 e. The lowest BCUT2D eigenvalue weighted by molar-refractivity contribution is -0.132. The second-order valence-corrected chi connectivity index (χ2v) is 9.18. The van der Waals surface area contributed by atoms with Gasteiger partial charge in [0, 0.05) is 5.56 Å². The SMILES string of the molecule is C=CCOC(=O)c1sc(N2C(=O)C(=O)/C(=C(/O)c3cccc(OCC)c3)C2c2ccc(OC)cc2)nc1C. The van der Waals surface area contributed by atoms with Crippen LogP contribution in [0.5, 0.6) is 11.5 Å². The number of Topliss-reactive ketones (excluding diaryl/α,β-unsaturated/α-hetero) is 1. The second-order valence-electron chi connectivity index (χ2n) is 8.20. The van der Waals surface area contributed by atoms with Crippen LogP contribution in [0.1, 0.15) is 39.5 Å². The molecule has 0 spiro atoms. The van der Waals surface area contributed by atoms with Crippen molar-refractivity contribution in [3.05, 3.63) is 88.5 Å². The molecule has 1 atom stereocenters. The van der Waals surface area contributed by atoms with Crippen LogP contribution >= 0.6 is 11.3 Å². The molecule has 0 aliphatic carbocycles. The number of hydrogen-bond donors (Lipinski definition) is 1. The van der Waals surface area contributed by atoms with E-state index in [0.29, 0.717) is 34.9 Å². The van der Waals surface area contributed by atoms with Gasteiger partial charge in [0.2, 0.25) is 0 Å². The Morgan fingerprint density at radius 2 is 1.92 bits per heavy atom. The first-order valence-electron chi connectivity index (χ1n) is 11.7. The summed E-state index contributed by atoms with van der Waals surface area (Å²) < 4.78 is 15.9. The number of aromatic nitrogens is 1. The maximum atomic E-state index is 13.4. The Hall–Kier alpha value is -4.44. The van der Waals surface area contributed by atoms with Crippen molar-refractivity contribution in [2.24, 2.45) is 0 Å². The number of carbonyl (C=O) groups is 3. The summed E-state index contributed by atoms with van der Waals surface area (Å²) in [5.41, 5.74) is 1.09. The molecule has 196 valence electrons. The summed E-state index contributed by atoms with van der Waals surface area (Å²) in [5, 5.41) is 11.5. The number of nitrogens with zero attached hydrogens (tertiary/aromatic N) is 2. The van der Waals surface area contributed by atoms with Crippen LogP contribution in [0.25, 0.3) is 5.76 Å². The standard InChI is InChI=1S/C28H26N2O7S/c1-5-14-37-27(34)25-16(3)29-28(38-25)30-22(17-10-12-19(35-4)13-11-17)21(24(32)26(30)33)23(31)18-8-7-9-20(15-18)36-6-2/h5,7-13,15,22,31H,1,6,14H2,2-4H3/b23-21+. The van der Waals surface area contributed by atoms with E-state index in [9.17, 15) is 19.5 Å². The normalized spacial score (nSPS) is 16.4. The minimum Gasteiger partial charge on any atom is -0.507 e. The summed E-state index contributed by atoms with van der Waals surface area (Å²) in [6.07, 6.45) is 1.44. The number of hydrogen-bond acceptors (Lipinski definition) is 9. The number of amides is 1. The maximum absolute atomic E-state index is 13.4. The van der Waals surface area contributed by atoms with E-state index in [1.165, 1.54) is 18.1 Å². The fourth-order valence-electron chi connectivity index (χ4n) is 4.06. The van der Waals surface area contributed by atoms with Crippen molar-refractivity contribution in [1.82, 2.24) is 4.98 Å². The van der Waals surface area contributed by atoms with Crippen molar-refractivity contribution < 1.29 is 33.7 Å². The Bertz CT molecular complexity index is 1430. The predicted octanol–water partition coefficient (Wildman–Crippen LogP) is 4.83. The van der Waals surface area contributed by atoms with E-state index in [1.807, 2.05) is 6.92 Å². The Morgan fingerprint density at radius 3 is 2.58 bits per heavy atom. The first kappa shape index (κ1) is 26.6. The second kappa shape index (κ2) is 11.3. The molecule has 0 bridgehead atoms. The van der Waals surface area contributed by atoms with Gasteiger partial charge in [-0.15, -0.1) is 0 Å². The highest BCUT2D eigenvalue weighted by Crippen LogP contribution is 2.44. The van der Waals surface area contributed by atoms with Crippen LogP contribution in [0.2, 0.25) is 0 Å². The van der Waals surface area contributed by atoms with Crippen molar-refractivity contribution >= 4 is 39.9 Å². The van der Waals surface area contributed by atoms with Gasteiger partial charge in [-0.3, -0.25) is 14.5 Å². The van der Waals surface area contributed by atoms with Gasteiger partial charge in [-0.2, -0.15) is 0 Å². The molecule has 1 fully saturated rings. The van der Waals surface area contributed by atoms with Gasteiger partial charge in [-0.25, -0.2) is 9.78 Å². The monoisotopic (exact) mass is 534 g/mol. The number of rotatable bonds is 9. The Labute approximate surface area is 223 Å². The third-order valence-electron chi connectivity index (χ3n) is 5.80. The summed E-state index contributed by atoms with van der Waals surface area (Å²) in [6.45, 7) is 7.41. The Kier molecular flexibility index (Phi) is 7.92. The lowest BCUT2D eigenvalue weighted by atomic mass is 9.95. The zero-order chi connectivity index (χ0) is 27.4. The summed E-state index contributed by atoms with van der Waals surface area (Å²) in [6, 6.07) is 12.4. The molecule has 1 unspecified atom stereocenters. The zero-order valence-electron chi connectivity index (χ0n) is 21.1. The van der Waals surface area contributed by atoms with Crippen molar-refractivity contribution in [3.63, 3.8) is 0 Å². The van der Waals surface area contributed by atoms with Crippen LogP contribution in [-0.4, -0.2) is 48.1 Å². The lowest BCUT2D eigenvalue weighted by Crippen LogP contribution is -2.29. The highest BCUT2D eigenvalue weighted by Gasteiger charge is 2.48. The van der Waals surface area contributed by atoms with Gasteiger partial charge in [0.25, 0.3) is 5.78 Å². The summed E-state index contributed by atoms with van der Waals surface area (Å²) in [7, 11) is 1.53. The first-order valence-corrected chi connectivity index (χ1v) is 12.6. The number of aliphatic hydroxyl groups excluding tert-OH is 1. The molecule has 1 aliphatic heterocycles. The molecule has 2 aromatic carbocycles.